The van der Waals surface area contributed by atoms with Crippen molar-refractivity contribution < 1.29 is 4.79 Å². The van der Waals surface area contributed by atoms with Crippen LogP contribution in [0.15, 0.2) is 4.99 Å². The maximum Gasteiger partial charge on any atom is 0.346 e. The Morgan fingerprint density at radius 2 is 2.16 bits per heavy atom. The van der Waals surface area contributed by atoms with Crippen molar-refractivity contribution >= 4 is 11.9 Å². The van der Waals surface area contributed by atoms with Crippen molar-refractivity contribution in [2.45, 2.75) is 70.4 Å². The summed E-state index contributed by atoms with van der Waals surface area (Å²) in [7, 11) is 0. The number of amidine groups is 1. The SMILES string of the molecule is CC(C)CC1CCCC2(C1)C(N)=NC(=O)N2C1CC1. The van der Waals surface area contributed by atoms with Crippen molar-refractivity contribution in [2.75, 3.05) is 0 Å². The Kier molecular flexibility index (Phi) is 3.06. The highest BCUT2D eigenvalue weighted by atomic mass is 16.2. The normalized spacial score (nSPS) is 35.3. The first-order valence-electron chi connectivity index (χ1n) is 7.71. The standard InChI is InChI=1S/C15H25N3O/c1-10(2)8-11-4-3-7-15(9-11)13(16)17-14(19)18(15)12-5-6-12/h10-12H,3-9H2,1-2H3,(H2,16,17,19). The lowest BCUT2D eigenvalue weighted by molar-refractivity contribution is 0.108. The van der Waals surface area contributed by atoms with Gasteiger partial charge in [-0.25, -0.2) is 4.79 Å². The fourth-order valence-electron chi connectivity index (χ4n) is 4.09. The smallest absolute Gasteiger partial charge is 0.346 e. The van der Waals surface area contributed by atoms with Gasteiger partial charge in [0.25, 0.3) is 0 Å². The molecule has 0 aromatic carbocycles. The number of amides is 2. The molecule has 0 radical (unpaired) electrons. The topological polar surface area (TPSA) is 58.7 Å². The molecule has 3 rings (SSSR count). The molecule has 4 nitrogen and oxygen atoms in total. The van der Waals surface area contributed by atoms with E-state index in [0.29, 0.717) is 23.7 Å². The predicted octanol–water partition coefficient (Wildman–Crippen LogP) is 2.92. The zero-order valence-electron chi connectivity index (χ0n) is 12.1. The van der Waals surface area contributed by atoms with E-state index in [1.54, 1.807) is 0 Å². The van der Waals surface area contributed by atoms with Crippen LogP contribution in [0.1, 0.15) is 58.8 Å². The number of carbonyl (C=O) groups is 1. The third kappa shape index (κ3) is 2.15. The van der Waals surface area contributed by atoms with Crippen LogP contribution in [-0.4, -0.2) is 28.3 Å². The largest absolute Gasteiger partial charge is 0.385 e. The van der Waals surface area contributed by atoms with E-state index in [2.05, 4.69) is 18.8 Å². The molecule has 3 aliphatic rings. The molecular weight excluding hydrogens is 238 g/mol. The second-order valence-electron chi connectivity index (χ2n) is 7.00. The summed E-state index contributed by atoms with van der Waals surface area (Å²) in [5.41, 5.74) is 5.95. The van der Waals surface area contributed by atoms with E-state index >= 15 is 0 Å². The van der Waals surface area contributed by atoms with Gasteiger partial charge in [-0.1, -0.05) is 26.7 Å². The number of nitrogens with two attached hydrogens (primary N) is 1. The molecule has 0 bridgehead atoms. The van der Waals surface area contributed by atoms with Gasteiger partial charge in [0.15, 0.2) is 0 Å². The van der Waals surface area contributed by atoms with Crippen molar-refractivity contribution in [3.63, 3.8) is 0 Å². The Bertz CT molecular complexity index is 414. The van der Waals surface area contributed by atoms with Gasteiger partial charge >= 0.3 is 6.03 Å². The van der Waals surface area contributed by atoms with Crippen LogP contribution in [-0.2, 0) is 0 Å². The number of rotatable bonds is 3. The molecule has 2 unspecified atom stereocenters. The van der Waals surface area contributed by atoms with E-state index in [-0.39, 0.29) is 11.6 Å². The van der Waals surface area contributed by atoms with E-state index < -0.39 is 0 Å². The van der Waals surface area contributed by atoms with E-state index in [9.17, 15) is 4.79 Å². The monoisotopic (exact) mass is 263 g/mol. The van der Waals surface area contributed by atoms with Gasteiger partial charge in [0.1, 0.15) is 11.4 Å². The van der Waals surface area contributed by atoms with Gasteiger partial charge in [-0.2, -0.15) is 4.99 Å². The van der Waals surface area contributed by atoms with Crippen molar-refractivity contribution in [3.05, 3.63) is 0 Å². The molecule has 2 fully saturated rings. The summed E-state index contributed by atoms with van der Waals surface area (Å²) >= 11 is 0. The maximum atomic E-state index is 12.1. The number of aliphatic imine (C=N–C) groups is 1. The van der Waals surface area contributed by atoms with Crippen LogP contribution in [0.3, 0.4) is 0 Å². The molecule has 1 heterocycles. The predicted molar refractivity (Wildman–Crippen MR) is 76.0 cm³/mol. The maximum absolute atomic E-state index is 12.1. The molecule has 2 atom stereocenters. The molecular formula is C15H25N3O. The molecule has 0 aromatic heterocycles. The lowest BCUT2D eigenvalue weighted by Gasteiger charge is -2.44. The molecule has 2 amide bonds. The van der Waals surface area contributed by atoms with Gasteiger partial charge in [0.05, 0.1) is 0 Å². The number of carbonyl (C=O) groups excluding carboxylic acids is 1. The average molecular weight is 263 g/mol. The van der Waals surface area contributed by atoms with Crippen molar-refractivity contribution in [1.29, 1.82) is 0 Å². The Labute approximate surface area is 115 Å². The molecule has 1 spiro atoms. The van der Waals surface area contributed by atoms with Crippen LogP contribution in [0.5, 0.6) is 0 Å². The van der Waals surface area contributed by atoms with Crippen LogP contribution in [0.2, 0.25) is 0 Å². The molecule has 106 valence electrons. The Morgan fingerprint density at radius 1 is 1.42 bits per heavy atom. The van der Waals surface area contributed by atoms with Crippen LogP contribution < -0.4 is 5.73 Å². The summed E-state index contributed by atoms with van der Waals surface area (Å²) in [5.74, 6) is 2.00. The highest BCUT2D eigenvalue weighted by Gasteiger charge is 2.55. The van der Waals surface area contributed by atoms with Crippen molar-refractivity contribution in [2.24, 2.45) is 22.6 Å². The number of urea groups is 1. The lowest BCUT2D eigenvalue weighted by atomic mass is 9.72. The van der Waals surface area contributed by atoms with E-state index in [0.717, 1.165) is 25.7 Å². The van der Waals surface area contributed by atoms with Crippen LogP contribution in [0.4, 0.5) is 4.79 Å². The van der Waals surface area contributed by atoms with Gasteiger partial charge in [0.2, 0.25) is 0 Å². The second-order valence-corrected chi connectivity index (χ2v) is 7.00. The molecule has 19 heavy (non-hydrogen) atoms. The Morgan fingerprint density at radius 3 is 2.79 bits per heavy atom. The lowest BCUT2D eigenvalue weighted by Crippen LogP contribution is -2.57. The summed E-state index contributed by atoms with van der Waals surface area (Å²) in [6.45, 7) is 4.55. The van der Waals surface area contributed by atoms with E-state index in [1.165, 1.54) is 19.3 Å². The molecule has 1 aliphatic heterocycles. The molecule has 2 N–H and O–H groups in total. The quantitative estimate of drug-likeness (QED) is 0.851. The van der Waals surface area contributed by atoms with Crippen molar-refractivity contribution in [3.8, 4) is 0 Å². The van der Waals surface area contributed by atoms with E-state index in [1.807, 2.05) is 4.90 Å². The highest BCUT2D eigenvalue weighted by Crippen LogP contribution is 2.46. The molecule has 0 saturated heterocycles. The fraction of sp³-hybridized carbons (Fsp3) is 0.867. The highest BCUT2D eigenvalue weighted by molar-refractivity contribution is 6.06. The zero-order chi connectivity index (χ0) is 13.6. The minimum absolute atomic E-state index is 0.0785. The number of hydrogen-bond acceptors (Lipinski definition) is 2. The summed E-state index contributed by atoms with van der Waals surface area (Å²) in [5, 5.41) is 0. The van der Waals surface area contributed by atoms with Gasteiger partial charge < -0.3 is 10.6 Å². The first-order chi connectivity index (χ1) is 9.03. The van der Waals surface area contributed by atoms with Gasteiger partial charge in [-0.3, -0.25) is 0 Å². The molecule has 4 heteroatoms. The van der Waals surface area contributed by atoms with Crippen molar-refractivity contribution in [1.82, 2.24) is 4.90 Å². The second kappa shape index (κ2) is 4.50. The number of nitrogens with zero attached hydrogens (tertiary/aromatic N) is 2. The average Bonchev–Trinajstić information content (AvgIpc) is 3.09. The molecule has 2 aliphatic carbocycles. The third-order valence-electron chi connectivity index (χ3n) is 4.91. The van der Waals surface area contributed by atoms with Gasteiger partial charge in [-0.15, -0.1) is 0 Å². The van der Waals surface area contributed by atoms with Crippen LogP contribution >= 0.6 is 0 Å². The van der Waals surface area contributed by atoms with Crippen LogP contribution in [0.25, 0.3) is 0 Å². The first-order valence-corrected chi connectivity index (χ1v) is 7.71. The third-order valence-corrected chi connectivity index (χ3v) is 4.91. The minimum atomic E-state index is -0.226. The van der Waals surface area contributed by atoms with Gasteiger partial charge in [0, 0.05) is 6.04 Å². The Hall–Kier alpha value is -1.06. The first kappa shape index (κ1) is 12.9. The van der Waals surface area contributed by atoms with Gasteiger partial charge in [-0.05, 0) is 43.9 Å². The minimum Gasteiger partial charge on any atom is -0.385 e. The molecule has 0 aromatic rings. The fourth-order valence-corrected chi connectivity index (χ4v) is 4.09. The summed E-state index contributed by atoms with van der Waals surface area (Å²) in [4.78, 5) is 18.3. The molecule has 2 saturated carbocycles. The zero-order valence-corrected chi connectivity index (χ0v) is 12.1. The van der Waals surface area contributed by atoms with E-state index in [4.69, 9.17) is 5.73 Å². The summed E-state index contributed by atoms with van der Waals surface area (Å²) < 4.78 is 0. The number of hydrogen-bond donors (Lipinski definition) is 1. The summed E-state index contributed by atoms with van der Waals surface area (Å²) in [6.07, 6.45) is 7.99. The summed E-state index contributed by atoms with van der Waals surface area (Å²) in [6, 6.07) is 0.334. The van der Waals surface area contributed by atoms with Crippen LogP contribution in [0, 0.1) is 11.8 Å². The Balaban J connectivity index is 1.83.